The highest BCUT2D eigenvalue weighted by Crippen LogP contribution is 2.19. The van der Waals surface area contributed by atoms with Crippen molar-refractivity contribution >= 4 is 21.9 Å². The van der Waals surface area contributed by atoms with Crippen LogP contribution in [0, 0.1) is 17.1 Å². The van der Waals surface area contributed by atoms with Crippen molar-refractivity contribution < 1.29 is 13.9 Å². The maximum absolute atomic E-state index is 13.5. The van der Waals surface area contributed by atoms with E-state index in [0.29, 0.717) is 10.0 Å². The van der Waals surface area contributed by atoms with E-state index in [-0.39, 0.29) is 11.3 Å². The van der Waals surface area contributed by atoms with Gasteiger partial charge in [-0.2, -0.15) is 5.26 Å². The van der Waals surface area contributed by atoms with Crippen molar-refractivity contribution in [3.63, 3.8) is 0 Å². The molecule has 0 aliphatic heterocycles. The average molecular weight is 320 g/mol. The second-order valence-corrected chi connectivity index (χ2v) is 4.57. The van der Waals surface area contributed by atoms with Crippen LogP contribution in [0.4, 0.5) is 4.39 Å². The van der Waals surface area contributed by atoms with Gasteiger partial charge >= 0.3 is 5.97 Å². The van der Waals surface area contributed by atoms with Gasteiger partial charge in [0.1, 0.15) is 11.6 Å². The number of hydrogen-bond acceptors (Lipinski definition) is 3. The third kappa shape index (κ3) is 3.18. The third-order valence-electron chi connectivity index (χ3n) is 2.34. The molecule has 0 heterocycles. The van der Waals surface area contributed by atoms with Crippen LogP contribution in [0.2, 0.25) is 0 Å². The first-order valence-electron chi connectivity index (χ1n) is 5.27. The Hall–Kier alpha value is -2.19. The fraction of sp³-hybridized carbons (Fsp3) is 0. The summed E-state index contributed by atoms with van der Waals surface area (Å²) in [6.07, 6.45) is 0. The first-order valence-corrected chi connectivity index (χ1v) is 6.07. The summed E-state index contributed by atoms with van der Waals surface area (Å²) in [6, 6.07) is 12.0. The predicted octanol–water partition coefficient (Wildman–Crippen LogP) is 3.68. The minimum Gasteiger partial charge on any atom is -0.423 e. The molecule has 0 N–H and O–H groups in total. The monoisotopic (exact) mass is 319 g/mol. The molecule has 0 fully saturated rings. The standard InChI is InChI=1S/C14H7BrFNO2/c15-10-3-6-13(16)12(7-10)14(18)19-11-4-1-9(8-17)2-5-11/h1-7H. The Labute approximate surface area is 117 Å². The molecule has 0 radical (unpaired) electrons. The van der Waals surface area contributed by atoms with E-state index in [2.05, 4.69) is 15.9 Å². The molecule has 19 heavy (non-hydrogen) atoms. The average Bonchev–Trinajstić information content (AvgIpc) is 2.42. The molecule has 0 atom stereocenters. The van der Waals surface area contributed by atoms with Crippen LogP contribution < -0.4 is 4.74 Å². The molecule has 0 saturated carbocycles. The van der Waals surface area contributed by atoms with Crippen LogP contribution in [0.3, 0.4) is 0 Å². The number of benzene rings is 2. The zero-order valence-corrected chi connectivity index (χ0v) is 11.1. The fourth-order valence-electron chi connectivity index (χ4n) is 1.41. The Bertz CT molecular complexity index is 662. The Morgan fingerprint density at radius 3 is 2.53 bits per heavy atom. The quantitative estimate of drug-likeness (QED) is 0.626. The molecule has 0 unspecified atom stereocenters. The molecule has 0 spiro atoms. The summed E-state index contributed by atoms with van der Waals surface area (Å²) >= 11 is 3.16. The zero-order chi connectivity index (χ0) is 13.8. The SMILES string of the molecule is N#Cc1ccc(OC(=O)c2cc(Br)ccc2F)cc1. The lowest BCUT2D eigenvalue weighted by Crippen LogP contribution is -2.10. The van der Waals surface area contributed by atoms with Crippen LogP contribution in [-0.4, -0.2) is 5.97 Å². The number of carbonyl (C=O) groups excluding carboxylic acids is 1. The molecule has 2 aromatic rings. The number of hydrogen-bond donors (Lipinski definition) is 0. The van der Waals surface area contributed by atoms with Gasteiger partial charge in [0.2, 0.25) is 0 Å². The number of nitriles is 1. The molecule has 3 nitrogen and oxygen atoms in total. The van der Waals surface area contributed by atoms with Gasteiger partial charge in [0.25, 0.3) is 0 Å². The van der Waals surface area contributed by atoms with Crippen molar-refractivity contribution in [2.24, 2.45) is 0 Å². The van der Waals surface area contributed by atoms with Crippen molar-refractivity contribution in [2.45, 2.75) is 0 Å². The molecule has 2 aromatic carbocycles. The van der Waals surface area contributed by atoms with E-state index in [1.807, 2.05) is 6.07 Å². The molecular formula is C14H7BrFNO2. The fourth-order valence-corrected chi connectivity index (χ4v) is 1.77. The normalized spacial score (nSPS) is 9.74. The smallest absolute Gasteiger partial charge is 0.346 e. The minimum atomic E-state index is -0.788. The van der Waals surface area contributed by atoms with Crippen LogP contribution >= 0.6 is 15.9 Å². The van der Waals surface area contributed by atoms with Gasteiger partial charge in [-0.25, -0.2) is 9.18 Å². The zero-order valence-electron chi connectivity index (χ0n) is 9.56. The van der Waals surface area contributed by atoms with E-state index < -0.39 is 11.8 Å². The first-order chi connectivity index (χ1) is 9.10. The topological polar surface area (TPSA) is 50.1 Å². The molecule has 0 amide bonds. The van der Waals surface area contributed by atoms with Gasteiger partial charge in [-0.15, -0.1) is 0 Å². The van der Waals surface area contributed by atoms with E-state index in [4.69, 9.17) is 10.00 Å². The lowest BCUT2D eigenvalue weighted by molar-refractivity contribution is 0.0730. The molecule has 94 valence electrons. The minimum absolute atomic E-state index is 0.154. The van der Waals surface area contributed by atoms with E-state index in [9.17, 15) is 9.18 Å². The number of rotatable bonds is 2. The lowest BCUT2D eigenvalue weighted by atomic mass is 10.2. The molecule has 0 aliphatic carbocycles. The maximum atomic E-state index is 13.5. The summed E-state index contributed by atoms with van der Waals surface area (Å²) in [5.74, 6) is -1.19. The summed E-state index contributed by atoms with van der Waals surface area (Å²) in [4.78, 5) is 11.8. The van der Waals surface area contributed by atoms with Crippen LogP contribution in [0.15, 0.2) is 46.9 Å². The van der Waals surface area contributed by atoms with Crippen LogP contribution in [0.1, 0.15) is 15.9 Å². The molecular weight excluding hydrogens is 313 g/mol. The highest BCUT2D eigenvalue weighted by molar-refractivity contribution is 9.10. The molecule has 0 aromatic heterocycles. The molecule has 5 heteroatoms. The van der Waals surface area contributed by atoms with Gasteiger partial charge in [-0.1, -0.05) is 15.9 Å². The summed E-state index contributed by atoms with van der Waals surface area (Å²) in [7, 11) is 0. The highest BCUT2D eigenvalue weighted by atomic mass is 79.9. The van der Waals surface area contributed by atoms with E-state index in [1.54, 1.807) is 0 Å². The van der Waals surface area contributed by atoms with Crippen molar-refractivity contribution in [2.75, 3.05) is 0 Å². The van der Waals surface area contributed by atoms with Crippen molar-refractivity contribution in [3.05, 3.63) is 63.9 Å². The molecule has 0 bridgehead atoms. The van der Waals surface area contributed by atoms with Gasteiger partial charge in [0.15, 0.2) is 0 Å². The van der Waals surface area contributed by atoms with E-state index in [0.717, 1.165) is 0 Å². The molecule has 0 aliphatic rings. The summed E-state index contributed by atoms with van der Waals surface area (Å²) in [5, 5.41) is 8.64. The maximum Gasteiger partial charge on any atom is 0.346 e. The lowest BCUT2D eigenvalue weighted by Gasteiger charge is -2.05. The van der Waals surface area contributed by atoms with Crippen molar-refractivity contribution in [1.82, 2.24) is 0 Å². The number of esters is 1. The Balaban J connectivity index is 2.21. The van der Waals surface area contributed by atoms with Gasteiger partial charge in [-0.05, 0) is 42.5 Å². The number of nitrogens with zero attached hydrogens (tertiary/aromatic N) is 1. The van der Waals surface area contributed by atoms with Crippen molar-refractivity contribution in [3.8, 4) is 11.8 Å². The van der Waals surface area contributed by atoms with Gasteiger partial charge < -0.3 is 4.74 Å². The number of carbonyl (C=O) groups is 1. The molecule has 2 rings (SSSR count). The van der Waals surface area contributed by atoms with E-state index >= 15 is 0 Å². The Kier molecular flexibility index (Phi) is 3.93. The third-order valence-corrected chi connectivity index (χ3v) is 2.84. The van der Waals surface area contributed by atoms with Crippen LogP contribution in [0.5, 0.6) is 5.75 Å². The van der Waals surface area contributed by atoms with E-state index in [1.165, 1.54) is 42.5 Å². The summed E-state index contributed by atoms with van der Waals surface area (Å²) < 4.78 is 19.1. The van der Waals surface area contributed by atoms with Crippen LogP contribution in [-0.2, 0) is 0 Å². The summed E-state index contributed by atoms with van der Waals surface area (Å²) in [6.45, 7) is 0. The highest BCUT2D eigenvalue weighted by Gasteiger charge is 2.14. The number of ether oxygens (including phenoxy) is 1. The number of halogens is 2. The largest absolute Gasteiger partial charge is 0.423 e. The van der Waals surface area contributed by atoms with Gasteiger partial charge in [0, 0.05) is 4.47 Å². The second-order valence-electron chi connectivity index (χ2n) is 3.65. The van der Waals surface area contributed by atoms with Gasteiger partial charge in [-0.3, -0.25) is 0 Å². The van der Waals surface area contributed by atoms with Crippen molar-refractivity contribution in [1.29, 1.82) is 5.26 Å². The van der Waals surface area contributed by atoms with Crippen LogP contribution in [0.25, 0.3) is 0 Å². The summed E-state index contributed by atoms with van der Waals surface area (Å²) in [5.41, 5.74) is 0.298. The second kappa shape index (κ2) is 5.63. The predicted molar refractivity (Wildman–Crippen MR) is 70.2 cm³/mol. The first kappa shape index (κ1) is 13.2. The van der Waals surface area contributed by atoms with Gasteiger partial charge in [0.05, 0.1) is 17.2 Å². The Morgan fingerprint density at radius 1 is 1.21 bits per heavy atom. The Morgan fingerprint density at radius 2 is 1.89 bits per heavy atom. The molecule has 0 saturated heterocycles.